The van der Waals surface area contributed by atoms with Crippen molar-refractivity contribution in [3.63, 3.8) is 0 Å². The topological polar surface area (TPSA) is 32.3 Å². The standard InChI is InChI=1S/C15H22N2O.ClH/c1-17(15(18)14-10-5-11-16-14)12-6-9-13-7-3-2-4-8-13;/h2-4,7-8,14,16H,5-6,9-12H2,1H3;1H. The minimum atomic E-state index is 0. The van der Waals surface area contributed by atoms with E-state index in [1.54, 1.807) is 0 Å². The predicted molar refractivity (Wildman–Crippen MR) is 80.7 cm³/mol. The SMILES string of the molecule is CN(CCCc1ccccc1)C(=O)C1CCCN1.Cl. The maximum atomic E-state index is 12.1. The monoisotopic (exact) mass is 282 g/mol. The summed E-state index contributed by atoms with van der Waals surface area (Å²) >= 11 is 0. The van der Waals surface area contributed by atoms with Crippen LogP contribution in [-0.4, -0.2) is 37.0 Å². The Morgan fingerprint density at radius 1 is 1.37 bits per heavy atom. The number of nitrogens with one attached hydrogen (secondary N) is 1. The van der Waals surface area contributed by atoms with Gasteiger partial charge >= 0.3 is 0 Å². The van der Waals surface area contributed by atoms with Crippen molar-refractivity contribution in [2.45, 2.75) is 31.7 Å². The summed E-state index contributed by atoms with van der Waals surface area (Å²) in [5.74, 6) is 0.251. The maximum Gasteiger partial charge on any atom is 0.239 e. The van der Waals surface area contributed by atoms with Gasteiger partial charge in [0, 0.05) is 13.6 Å². The molecule has 0 bridgehead atoms. The first kappa shape index (κ1) is 16.0. The van der Waals surface area contributed by atoms with Gasteiger partial charge < -0.3 is 10.2 Å². The molecule has 1 amide bonds. The lowest BCUT2D eigenvalue weighted by atomic mass is 10.1. The molecule has 1 aromatic rings. The molecule has 1 aromatic carbocycles. The summed E-state index contributed by atoms with van der Waals surface area (Å²) in [5.41, 5.74) is 1.34. The summed E-state index contributed by atoms with van der Waals surface area (Å²) < 4.78 is 0. The van der Waals surface area contributed by atoms with Crippen LogP contribution in [-0.2, 0) is 11.2 Å². The van der Waals surface area contributed by atoms with Crippen LogP contribution in [0.15, 0.2) is 30.3 Å². The van der Waals surface area contributed by atoms with E-state index in [4.69, 9.17) is 0 Å². The van der Waals surface area contributed by atoms with Gasteiger partial charge in [0.15, 0.2) is 0 Å². The molecule has 4 heteroatoms. The highest BCUT2D eigenvalue weighted by molar-refractivity contribution is 5.85. The minimum absolute atomic E-state index is 0. The molecule has 2 rings (SSSR count). The fraction of sp³-hybridized carbons (Fsp3) is 0.533. The molecular formula is C15H23ClN2O. The molecule has 3 nitrogen and oxygen atoms in total. The zero-order chi connectivity index (χ0) is 12.8. The molecule has 1 unspecified atom stereocenters. The summed E-state index contributed by atoms with van der Waals surface area (Å²) in [6.07, 6.45) is 4.17. The van der Waals surface area contributed by atoms with Crippen LogP contribution >= 0.6 is 12.4 Å². The van der Waals surface area contributed by atoms with Gasteiger partial charge in [0.25, 0.3) is 0 Å². The molecule has 1 atom stereocenters. The molecule has 1 N–H and O–H groups in total. The number of nitrogens with zero attached hydrogens (tertiary/aromatic N) is 1. The van der Waals surface area contributed by atoms with Crippen LogP contribution in [0.25, 0.3) is 0 Å². The van der Waals surface area contributed by atoms with Crippen molar-refractivity contribution in [3.8, 4) is 0 Å². The number of hydrogen-bond donors (Lipinski definition) is 1. The molecule has 1 saturated heterocycles. The van der Waals surface area contributed by atoms with Crippen molar-refractivity contribution in [2.75, 3.05) is 20.1 Å². The van der Waals surface area contributed by atoms with E-state index in [1.807, 2.05) is 18.0 Å². The van der Waals surface area contributed by atoms with Crippen LogP contribution < -0.4 is 5.32 Å². The Bertz CT molecular complexity index is 377. The largest absolute Gasteiger partial charge is 0.344 e. The molecule has 0 spiro atoms. The number of halogens is 1. The number of hydrogen-bond acceptors (Lipinski definition) is 2. The molecule has 0 aromatic heterocycles. The van der Waals surface area contributed by atoms with Gasteiger partial charge in [-0.25, -0.2) is 0 Å². The first-order valence-electron chi connectivity index (χ1n) is 6.79. The highest BCUT2D eigenvalue weighted by Gasteiger charge is 2.24. The second kappa shape index (κ2) is 8.18. The van der Waals surface area contributed by atoms with Crippen LogP contribution in [0.2, 0.25) is 0 Å². The van der Waals surface area contributed by atoms with Gasteiger partial charge in [0.2, 0.25) is 5.91 Å². The van der Waals surface area contributed by atoms with Gasteiger partial charge in [-0.3, -0.25) is 4.79 Å². The molecule has 1 heterocycles. The van der Waals surface area contributed by atoms with Crippen molar-refractivity contribution in [1.29, 1.82) is 0 Å². The molecule has 19 heavy (non-hydrogen) atoms. The van der Waals surface area contributed by atoms with E-state index in [0.717, 1.165) is 38.8 Å². The average molecular weight is 283 g/mol. The third-order valence-corrected chi connectivity index (χ3v) is 3.54. The Labute approximate surface area is 121 Å². The summed E-state index contributed by atoms with van der Waals surface area (Å²) in [6.45, 7) is 1.82. The quantitative estimate of drug-likeness (QED) is 0.898. The normalized spacial score (nSPS) is 17.8. The van der Waals surface area contributed by atoms with Gasteiger partial charge in [-0.15, -0.1) is 12.4 Å². The van der Waals surface area contributed by atoms with Gasteiger partial charge in [-0.2, -0.15) is 0 Å². The highest BCUT2D eigenvalue weighted by atomic mass is 35.5. The van der Waals surface area contributed by atoms with E-state index >= 15 is 0 Å². The Kier molecular flexibility index (Phi) is 6.89. The van der Waals surface area contributed by atoms with Crippen LogP contribution in [0.5, 0.6) is 0 Å². The molecular weight excluding hydrogens is 260 g/mol. The lowest BCUT2D eigenvalue weighted by Gasteiger charge is -2.21. The van der Waals surface area contributed by atoms with Crippen LogP contribution in [0.1, 0.15) is 24.8 Å². The Balaban J connectivity index is 0.00000180. The van der Waals surface area contributed by atoms with Crippen LogP contribution in [0.3, 0.4) is 0 Å². The zero-order valence-electron chi connectivity index (χ0n) is 11.5. The predicted octanol–water partition coefficient (Wildman–Crippen LogP) is 2.25. The first-order valence-corrected chi connectivity index (χ1v) is 6.79. The smallest absolute Gasteiger partial charge is 0.239 e. The number of benzene rings is 1. The fourth-order valence-corrected chi connectivity index (χ4v) is 2.44. The Morgan fingerprint density at radius 2 is 2.11 bits per heavy atom. The van der Waals surface area contributed by atoms with Crippen LogP contribution in [0.4, 0.5) is 0 Å². The Morgan fingerprint density at radius 3 is 2.74 bits per heavy atom. The van der Waals surface area contributed by atoms with E-state index in [0.29, 0.717) is 0 Å². The van der Waals surface area contributed by atoms with Crippen LogP contribution in [0, 0.1) is 0 Å². The molecule has 1 aliphatic rings. The lowest BCUT2D eigenvalue weighted by molar-refractivity contribution is -0.131. The number of amides is 1. The van der Waals surface area contributed by atoms with Crippen molar-refractivity contribution < 1.29 is 4.79 Å². The van der Waals surface area contributed by atoms with Gasteiger partial charge in [-0.05, 0) is 37.8 Å². The molecule has 106 valence electrons. The highest BCUT2D eigenvalue weighted by Crippen LogP contribution is 2.09. The van der Waals surface area contributed by atoms with Gasteiger partial charge in [0.05, 0.1) is 6.04 Å². The number of carbonyl (C=O) groups excluding carboxylic acids is 1. The number of likely N-dealkylation sites (N-methyl/N-ethyl adjacent to an activating group) is 1. The van der Waals surface area contributed by atoms with Gasteiger partial charge in [0.1, 0.15) is 0 Å². The number of rotatable bonds is 5. The minimum Gasteiger partial charge on any atom is -0.344 e. The molecule has 1 fully saturated rings. The van der Waals surface area contributed by atoms with Crippen molar-refractivity contribution in [1.82, 2.24) is 10.2 Å². The number of aryl methyl sites for hydroxylation is 1. The lowest BCUT2D eigenvalue weighted by Crippen LogP contribution is -2.42. The maximum absolute atomic E-state index is 12.1. The second-order valence-electron chi connectivity index (χ2n) is 5.00. The summed E-state index contributed by atoms with van der Waals surface area (Å²) in [7, 11) is 1.91. The fourth-order valence-electron chi connectivity index (χ4n) is 2.44. The zero-order valence-corrected chi connectivity index (χ0v) is 12.3. The van der Waals surface area contributed by atoms with Gasteiger partial charge in [-0.1, -0.05) is 30.3 Å². The van der Waals surface area contributed by atoms with E-state index in [1.165, 1.54) is 5.56 Å². The third kappa shape index (κ3) is 4.84. The van der Waals surface area contributed by atoms with E-state index in [-0.39, 0.29) is 24.4 Å². The molecule has 1 aliphatic heterocycles. The van der Waals surface area contributed by atoms with E-state index in [2.05, 4.69) is 29.6 Å². The molecule has 0 radical (unpaired) electrons. The van der Waals surface area contributed by atoms with Crippen molar-refractivity contribution in [2.24, 2.45) is 0 Å². The average Bonchev–Trinajstić information content (AvgIpc) is 2.93. The van der Waals surface area contributed by atoms with Crippen molar-refractivity contribution in [3.05, 3.63) is 35.9 Å². The molecule has 0 saturated carbocycles. The summed E-state index contributed by atoms with van der Waals surface area (Å²) in [5, 5.41) is 3.25. The molecule has 0 aliphatic carbocycles. The van der Waals surface area contributed by atoms with Crippen molar-refractivity contribution >= 4 is 18.3 Å². The first-order chi connectivity index (χ1) is 8.77. The van der Waals surface area contributed by atoms with E-state index in [9.17, 15) is 4.79 Å². The summed E-state index contributed by atoms with van der Waals surface area (Å²) in [4.78, 5) is 13.9. The number of carbonyl (C=O) groups is 1. The Hall–Kier alpha value is -1.06. The second-order valence-corrected chi connectivity index (χ2v) is 5.00. The third-order valence-electron chi connectivity index (χ3n) is 3.54. The van der Waals surface area contributed by atoms with E-state index < -0.39 is 0 Å². The summed E-state index contributed by atoms with van der Waals surface area (Å²) in [6, 6.07) is 10.5.